The highest BCUT2D eigenvalue weighted by Gasteiger charge is 2.14. The van der Waals surface area contributed by atoms with Crippen LogP contribution in [0.3, 0.4) is 0 Å². The van der Waals surface area contributed by atoms with Crippen molar-refractivity contribution in [3.63, 3.8) is 0 Å². The third kappa shape index (κ3) is 5.57. The summed E-state index contributed by atoms with van der Waals surface area (Å²) in [5.41, 5.74) is 1.92. The molecule has 2 aromatic carbocycles. The lowest BCUT2D eigenvalue weighted by Gasteiger charge is -2.08. The highest BCUT2D eigenvalue weighted by Crippen LogP contribution is 2.25. The number of methoxy groups -OCH3 is 1. The van der Waals surface area contributed by atoms with Gasteiger partial charge >= 0.3 is 0 Å². The molecule has 0 saturated carbocycles. The lowest BCUT2D eigenvalue weighted by molar-refractivity contribution is -0.118. The van der Waals surface area contributed by atoms with E-state index >= 15 is 0 Å². The van der Waals surface area contributed by atoms with Gasteiger partial charge in [-0.25, -0.2) is 4.39 Å². The average molecular weight is 415 g/mol. The van der Waals surface area contributed by atoms with Gasteiger partial charge in [0, 0.05) is 18.7 Å². The first-order valence-corrected chi connectivity index (χ1v) is 10.3. The van der Waals surface area contributed by atoms with E-state index in [-0.39, 0.29) is 17.5 Å². The summed E-state index contributed by atoms with van der Waals surface area (Å²) in [5.74, 6) is 1.46. The quantitative estimate of drug-likeness (QED) is 0.542. The molecule has 0 bridgehead atoms. The number of benzene rings is 2. The topological polar surface area (TPSA) is 69.0 Å². The lowest BCUT2D eigenvalue weighted by atomic mass is 10.1. The van der Waals surface area contributed by atoms with Gasteiger partial charge in [-0.05, 0) is 55.3 Å². The SMILES string of the molecule is CCn1c(SCC(=O)NCCc2ccc(F)cc2)nnc1-c1ccc(OC)cc1. The number of rotatable bonds is 9. The number of thioether (sulfide) groups is 1. The van der Waals surface area contributed by atoms with Gasteiger partial charge in [0.25, 0.3) is 0 Å². The molecule has 1 heterocycles. The fraction of sp³-hybridized carbons (Fsp3) is 0.286. The zero-order valence-electron chi connectivity index (χ0n) is 16.4. The van der Waals surface area contributed by atoms with Crippen molar-refractivity contribution in [3.05, 3.63) is 59.9 Å². The van der Waals surface area contributed by atoms with Crippen molar-refractivity contribution in [2.75, 3.05) is 19.4 Å². The summed E-state index contributed by atoms with van der Waals surface area (Å²) in [6, 6.07) is 13.9. The van der Waals surface area contributed by atoms with Gasteiger partial charge in [-0.2, -0.15) is 0 Å². The summed E-state index contributed by atoms with van der Waals surface area (Å²) in [7, 11) is 1.63. The molecule has 1 amide bonds. The summed E-state index contributed by atoms with van der Waals surface area (Å²) < 4.78 is 20.1. The normalized spacial score (nSPS) is 10.7. The van der Waals surface area contributed by atoms with E-state index in [4.69, 9.17) is 4.74 Å². The van der Waals surface area contributed by atoms with Crippen LogP contribution in [0.2, 0.25) is 0 Å². The minimum Gasteiger partial charge on any atom is -0.497 e. The highest BCUT2D eigenvalue weighted by molar-refractivity contribution is 7.99. The van der Waals surface area contributed by atoms with Crippen molar-refractivity contribution in [1.29, 1.82) is 0 Å². The summed E-state index contributed by atoms with van der Waals surface area (Å²) in [6.07, 6.45) is 0.656. The van der Waals surface area contributed by atoms with Crippen LogP contribution in [0.25, 0.3) is 11.4 Å². The molecule has 3 aromatic rings. The third-order valence-electron chi connectivity index (χ3n) is 4.36. The third-order valence-corrected chi connectivity index (χ3v) is 5.33. The number of halogens is 1. The van der Waals surface area contributed by atoms with Gasteiger partial charge < -0.3 is 14.6 Å². The molecule has 0 aliphatic rings. The van der Waals surface area contributed by atoms with Crippen LogP contribution in [0.15, 0.2) is 53.7 Å². The van der Waals surface area contributed by atoms with E-state index < -0.39 is 0 Å². The molecule has 1 aromatic heterocycles. The van der Waals surface area contributed by atoms with Crippen LogP contribution in [0.4, 0.5) is 4.39 Å². The van der Waals surface area contributed by atoms with E-state index in [1.807, 2.05) is 35.8 Å². The number of amides is 1. The van der Waals surface area contributed by atoms with Gasteiger partial charge in [-0.1, -0.05) is 23.9 Å². The van der Waals surface area contributed by atoms with E-state index in [1.165, 1.54) is 23.9 Å². The lowest BCUT2D eigenvalue weighted by Crippen LogP contribution is -2.27. The summed E-state index contributed by atoms with van der Waals surface area (Å²) >= 11 is 1.35. The molecule has 8 heteroatoms. The highest BCUT2D eigenvalue weighted by atomic mass is 32.2. The Balaban J connectivity index is 1.53. The van der Waals surface area contributed by atoms with Crippen LogP contribution in [0.1, 0.15) is 12.5 Å². The molecule has 0 aliphatic heterocycles. The summed E-state index contributed by atoms with van der Waals surface area (Å²) in [4.78, 5) is 12.1. The molecule has 0 atom stereocenters. The Bertz CT molecular complexity index is 942. The molecule has 0 radical (unpaired) electrons. The Hall–Kier alpha value is -2.87. The van der Waals surface area contributed by atoms with Gasteiger partial charge in [-0.15, -0.1) is 10.2 Å². The van der Waals surface area contributed by atoms with Crippen LogP contribution in [0.5, 0.6) is 5.75 Å². The van der Waals surface area contributed by atoms with Crippen LogP contribution in [-0.2, 0) is 17.8 Å². The van der Waals surface area contributed by atoms with Crippen molar-refractivity contribution in [2.24, 2.45) is 0 Å². The Morgan fingerprint density at radius 2 is 1.86 bits per heavy atom. The summed E-state index contributed by atoms with van der Waals surface area (Å²) in [6.45, 7) is 3.22. The van der Waals surface area contributed by atoms with E-state index in [1.54, 1.807) is 19.2 Å². The predicted molar refractivity (Wildman–Crippen MR) is 112 cm³/mol. The Kier molecular flexibility index (Phi) is 7.24. The molecule has 152 valence electrons. The van der Waals surface area contributed by atoms with Gasteiger partial charge in [0.1, 0.15) is 11.6 Å². The fourth-order valence-electron chi connectivity index (χ4n) is 2.81. The predicted octanol–water partition coefficient (Wildman–Crippen LogP) is 3.56. The number of hydrogen-bond acceptors (Lipinski definition) is 5. The van der Waals surface area contributed by atoms with E-state index in [9.17, 15) is 9.18 Å². The second-order valence-corrected chi connectivity index (χ2v) is 7.24. The van der Waals surface area contributed by atoms with Crippen molar-refractivity contribution < 1.29 is 13.9 Å². The van der Waals surface area contributed by atoms with Crippen molar-refractivity contribution in [3.8, 4) is 17.1 Å². The first-order chi connectivity index (χ1) is 14.1. The van der Waals surface area contributed by atoms with Crippen LogP contribution in [0, 0.1) is 5.82 Å². The number of nitrogens with one attached hydrogen (secondary N) is 1. The van der Waals surface area contributed by atoms with Gasteiger partial charge in [0.15, 0.2) is 11.0 Å². The molecular formula is C21H23FN4O2S. The second-order valence-electron chi connectivity index (χ2n) is 6.29. The molecule has 0 spiro atoms. The molecule has 0 unspecified atom stereocenters. The fourth-order valence-corrected chi connectivity index (χ4v) is 3.64. The monoisotopic (exact) mass is 414 g/mol. The molecular weight excluding hydrogens is 391 g/mol. The van der Waals surface area contributed by atoms with Crippen LogP contribution < -0.4 is 10.1 Å². The average Bonchev–Trinajstić information content (AvgIpc) is 3.16. The number of hydrogen-bond donors (Lipinski definition) is 1. The molecule has 0 aliphatic carbocycles. The van der Waals surface area contributed by atoms with E-state index in [0.29, 0.717) is 24.7 Å². The maximum atomic E-state index is 12.9. The maximum absolute atomic E-state index is 12.9. The van der Waals surface area contributed by atoms with Crippen molar-refractivity contribution in [1.82, 2.24) is 20.1 Å². The number of carbonyl (C=O) groups excluding carboxylic acids is 1. The molecule has 3 rings (SSSR count). The zero-order valence-corrected chi connectivity index (χ0v) is 17.2. The Morgan fingerprint density at radius 3 is 2.52 bits per heavy atom. The van der Waals surface area contributed by atoms with Crippen molar-refractivity contribution in [2.45, 2.75) is 25.0 Å². The Morgan fingerprint density at radius 1 is 1.14 bits per heavy atom. The standard InChI is InChI=1S/C21H23FN4O2S/c1-3-26-20(16-6-10-18(28-2)11-7-16)24-25-21(26)29-14-19(27)23-13-12-15-4-8-17(22)9-5-15/h4-11H,3,12-14H2,1-2H3,(H,23,27). The summed E-state index contributed by atoms with van der Waals surface area (Å²) in [5, 5.41) is 12.1. The maximum Gasteiger partial charge on any atom is 0.230 e. The Labute approximate surface area is 173 Å². The van der Waals surface area contributed by atoms with Crippen molar-refractivity contribution >= 4 is 17.7 Å². The molecule has 29 heavy (non-hydrogen) atoms. The van der Waals surface area contributed by atoms with Gasteiger partial charge in [-0.3, -0.25) is 4.79 Å². The minimum atomic E-state index is -0.261. The van der Waals surface area contributed by atoms with E-state index in [0.717, 1.165) is 22.7 Å². The largest absolute Gasteiger partial charge is 0.497 e. The van der Waals surface area contributed by atoms with E-state index in [2.05, 4.69) is 15.5 Å². The van der Waals surface area contributed by atoms with Crippen LogP contribution in [-0.4, -0.2) is 40.1 Å². The number of ether oxygens (including phenoxy) is 1. The zero-order chi connectivity index (χ0) is 20.6. The molecule has 1 N–H and O–H groups in total. The van der Waals surface area contributed by atoms with Gasteiger partial charge in [0.05, 0.1) is 12.9 Å². The molecule has 6 nitrogen and oxygen atoms in total. The number of nitrogens with zero attached hydrogens (tertiary/aromatic N) is 3. The second kappa shape index (κ2) is 10.1. The number of carbonyl (C=O) groups is 1. The first kappa shape index (κ1) is 20.9. The molecule has 0 saturated heterocycles. The number of aromatic nitrogens is 3. The first-order valence-electron chi connectivity index (χ1n) is 9.32. The minimum absolute atomic E-state index is 0.0752. The van der Waals surface area contributed by atoms with Crippen LogP contribution >= 0.6 is 11.8 Å². The smallest absolute Gasteiger partial charge is 0.230 e. The van der Waals surface area contributed by atoms with Gasteiger partial charge in [0.2, 0.25) is 5.91 Å². The molecule has 0 fully saturated rings.